The van der Waals surface area contributed by atoms with Gasteiger partial charge >= 0.3 is 17.9 Å². The van der Waals surface area contributed by atoms with Crippen LogP contribution in [0.4, 0.5) is 0 Å². The van der Waals surface area contributed by atoms with Crippen molar-refractivity contribution in [3.8, 4) is 11.5 Å². The zero-order valence-corrected chi connectivity index (χ0v) is 22.1. The summed E-state index contributed by atoms with van der Waals surface area (Å²) in [7, 11) is 0. The van der Waals surface area contributed by atoms with Gasteiger partial charge in [0.1, 0.15) is 11.5 Å². The molecule has 5 aromatic carbocycles. The molecule has 0 radical (unpaired) electrons. The zero-order chi connectivity index (χ0) is 27.9. The predicted octanol–water partition coefficient (Wildman–Crippen LogP) is 7.09. The molecule has 0 saturated heterocycles. The molecule has 40 heavy (non-hydrogen) atoms. The largest absolute Gasteiger partial charge is 0.441 e. The monoisotopic (exact) mass is 530 g/mol. The Morgan fingerprint density at radius 3 is 1.55 bits per heavy atom. The van der Waals surface area contributed by atoms with Gasteiger partial charge in [-0.2, -0.15) is 0 Å². The fourth-order valence-electron chi connectivity index (χ4n) is 5.49. The molecular formula is C34H26O6. The normalized spacial score (nSPS) is 13.6. The van der Waals surface area contributed by atoms with Crippen LogP contribution in [0.3, 0.4) is 0 Å². The van der Waals surface area contributed by atoms with E-state index in [0.29, 0.717) is 22.6 Å². The summed E-state index contributed by atoms with van der Waals surface area (Å²) in [6.45, 7) is 3.49. The Morgan fingerprint density at radius 1 is 0.600 bits per heavy atom. The molecule has 6 nitrogen and oxygen atoms in total. The molecule has 1 aliphatic heterocycles. The van der Waals surface area contributed by atoms with Crippen LogP contribution >= 0.6 is 0 Å². The van der Waals surface area contributed by atoms with Gasteiger partial charge in [-0.05, 0) is 41.1 Å². The summed E-state index contributed by atoms with van der Waals surface area (Å²) in [6.07, 6.45) is 0.484. The van der Waals surface area contributed by atoms with E-state index in [1.165, 1.54) is 0 Å². The Balaban J connectivity index is 1.69. The van der Waals surface area contributed by atoms with Crippen LogP contribution in [0.5, 0.6) is 11.5 Å². The molecule has 6 rings (SSSR count). The Morgan fingerprint density at radius 2 is 1.05 bits per heavy atom. The van der Waals surface area contributed by atoms with E-state index in [1.807, 2.05) is 78.9 Å². The molecule has 0 amide bonds. The van der Waals surface area contributed by atoms with E-state index in [-0.39, 0.29) is 24.8 Å². The molecule has 198 valence electrons. The number of rotatable bonds is 6. The molecule has 1 heterocycles. The van der Waals surface area contributed by atoms with Crippen molar-refractivity contribution in [2.24, 2.45) is 0 Å². The minimum atomic E-state index is -1.33. The van der Waals surface area contributed by atoms with E-state index in [4.69, 9.17) is 14.2 Å². The molecule has 0 bridgehead atoms. The van der Waals surface area contributed by atoms with Crippen molar-refractivity contribution in [2.45, 2.75) is 32.3 Å². The van der Waals surface area contributed by atoms with E-state index >= 15 is 0 Å². The highest BCUT2D eigenvalue weighted by molar-refractivity contribution is 6.02. The van der Waals surface area contributed by atoms with E-state index in [0.717, 1.165) is 32.7 Å². The first-order valence-electron chi connectivity index (χ1n) is 13.3. The fraction of sp³-hybridized carbons (Fsp3) is 0.147. The van der Waals surface area contributed by atoms with Crippen molar-refractivity contribution in [3.63, 3.8) is 0 Å². The maximum atomic E-state index is 13.4. The van der Waals surface area contributed by atoms with Gasteiger partial charge in [-0.25, -0.2) is 4.79 Å². The quantitative estimate of drug-likeness (QED) is 0.172. The summed E-state index contributed by atoms with van der Waals surface area (Å²) in [5.41, 5.74) is 1.29. The first-order valence-corrected chi connectivity index (χ1v) is 13.3. The van der Waals surface area contributed by atoms with Gasteiger partial charge in [-0.15, -0.1) is 0 Å². The van der Waals surface area contributed by atoms with Crippen LogP contribution in [0.15, 0.2) is 97.1 Å². The van der Waals surface area contributed by atoms with Gasteiger partial charge in [0.25, 0.3) is 0 Å². The second-order valence-corrected chi connectivity index (χ2v) is 9.59. The Hall–Kier alpha value is -4.97. The third-order valence-corrected chi connectivity index (χ3v) is 7.32. The van der Waals surface area contributed by atoms with E-state index in [9.17, 15) is 14.4 Å². The van der Waals surface area contributed by atoms with Crippen LogP contribution in [-0.2, 0) is 19.9 Å². The number of carbonyl (C=O) groups excluding carboxylic acids is 3. The highest BCUT2D eigenvalue weighted by Crippen LogP contribution is 2.52. The second kappa shape index (κ2) is 9.97. The van der Waals surface area contributed by atoms with Gasteiger partial charge in [-0.3, -0.25) is 9.59 Å². The molecule has 0 aliphatic carbocycles. The van der Waals surface area contributed by atoms with Crippen LogP contribution in [0.2, 0.25) is 0 Å². The second-order valence-electron chi connectivity index (χ2n) is 9.59. The number of carbonyl (C=O) groups is 3. The van der Waals surface area contributed by atoms with Gasteiger partial charge in [0, 0.05) is 40.3 Å². The number of cyclic esters (lactones) is 1. The molecule has 1 aliphatic rings. The van der Waals surface area contributed by atoms with Crippen LogP contribution in [0.1, 0.15) is 53.7 Å². The smallest absolute Gasteiger partial charge is 0.340 e. The minimum absolute atomic E-state index is 0.242. The van der Waals surface area contributed by atoms with Gasteiger partial charge in [0.15, 0.2) is 5.60 Å². The lowest BCUT2D eigenvalue weighted by atomic mass is 9.76. The summed E-state index contributed by atoms with van der Waals surface area (Å²) >= 11 is 0. The third kappa shape index (κ3) is 3.92. The summed E-state index contributed by atoms with van der Waals surface area (Å²) in [5.74, 6) is -0.245. The van der Waals surface area contributed by atoms with Crippen molar-refractivity contribution in [1.82, 2.24) is 0 Å². The lowest BCUT2D eigenvalue weighted by Crippen LogP contribution is -2.30. The number of ether oxygens (including phenoxy) is 3. The van der Waals surface area contributed by atoms with Crippen LogP contribution < -0.4 is 9.47 Å². The first-order chi connectivity index (χ1) is 19.5. The lowest BCUT2D eigenvalue weighted by Gasteiger charge is -2.33. The molecule has 0 aromatic heterocycles. The molecule has 5 aromatic rings. The van der Waals surface area contributed by atoms with Gasteiger partial charge < -0.3 is 14.2 Å². The van der Waals surface area contributed by atoms with Crippen molar-refractivity contribution < 1.29 is 28.6 Å². The van der Waals surface area contributed by atoms with Crippen molar-refractivity contribution in [2.75, 3.05) is 0 Å². The van der Waals surface area contributed by atoms with Gasteiger partial charge in [-0.1, -0.05) is 80.6 Å². The number of benzene rings is 5. The molecular weight excluding hydrogens is 504 g/mol. The van der Waals surface area contributed by atoms with Gasteiger partial charge in [0.05, 0.1) is 5.56 Å². The van der Waals surface area contributed by atoms with Gasteiger partial charge in [0.2, 0.25) is 0 Å². The predicted molar refractivity (Wildman–Crippen MR) is 151 cm³/mol. The summed E-state index contributed by atoms with van der Waals surface area (Å²) in [6, 6.07) is 29.8. The summed E-state index contributed by atoms with van der Waals surface area (Å²) in [4.78, 5) is 37.9. The standard InChI is InChI=1S/C34H26O6/c1-3-31(35)38-29-19-17-27(21-11-5-7-13-23(21)29)34(26-16-10-9-15-25(26)33(37)40-34)28-18-20-30(39-32(36)4-2)24-14-8-6-12-22(24)28/h5-20H,3-4H2,1-2H3. The molecule has 0 unspecified atom stereocenters. The highest BCUT2D eigenvalue weighted by atomic mass is 16.6. The average molecular weight is 531 g/mol. The van der Waals surface area contributed by atoms with E-state index < -0.39 is 11.6 Å². The molecule has 0 atom stereocenters. The lowest BCUT2D eigenvalue weighted by molar-refractivity contribution is -0.134. The topological polar surface area (TPSA) is 78.9 Å². The van der Waals surface area contributed by atoms with Crippen molar-refractivity contribution >= 4 is 39.5 Å². The zero-order valence-electron chi connectivity index (χ0n) is 22.1. The Labute approximate surface area is 231 Å². The van der Waals surface area contributed by atoms with Crippen molar-refractivity contribution in [1.29, 1.82) is 0 Å². The summed E-state index contributed by atoms with van der Waals surface area (Å²) < 4.78 is 17.8. The molecule has 0 fully saturated rings. The van der Waals surface area contributed by atoms with E-state index in [1.54, 1.807) is 32.0 Å². The molecule has 6 heteroatoms. The molecule has 0 N–H and O–H groups in total. The fourth-order valence-corrected chi connectivity index (χ4v) is 5.49. The Kier molecular flexibility index (Phi) is 6.31. The number of fused-ring (bicyclic) bond motifs is 3. The average Bonchev–Trinajstić information content (AvgIpc) is 3.30. The van der Waals surface area contributed by atoms with Crippen LogP contribution in [-0.4, -0.2) is 17.9 Å². The first kappa shape index (κ1) is 25.3. The number of hydrogen-bond acceptors (Lipinski definition) is 6. The minimum Gasteiger partial charge on any atom is -0.441 e. The van der Waals surface area contributed by atoms with Crippen LogP contribution in [0.25, 0.3) is 21.5 Å². The SMILES string of the molecule is CCC(=O)Oc1ccc(C2(c3ccc(OC(=O)CC)c4ccccc34)OC(=O)c3ccccc32)c2ccccc12. The van der Waals surface area contributed by atoms with Crippen LogP contribution in [0, 0.1) is 0 Å². The number of hydrogen-bond donors (Lipinski definition) is 0. The maximum absolute atomic E-state index is 13.4. The third-order valence-electron chi connectivity index (χ3n) is 7.32. The molecule has 0 spiro atoms. The maximum Gasteiger partial charge on any atom is 0.340 e. The number of esters is 3. The highest BCUT2D eigenvalue weighted by Gasteiger charge is 2.50. The summed E-state index contributed by atoms with van der Waals surface area (Å²) in [5, 5.41) is 3.00. The molecule has 0 saturated carbocycles. The van der Waals surface area contributed by atoms with E-state index in [2.05, 4.69) is 0 Å². The van der Waals surface area contributed by atoms with Crippen molar-refractivity contribution in [3.05, 3.63) is 119 Å². The Bertz CT molecular complexity index is 1720.